The van der Waals surface area contributed by atoms with Crippen molar-refractivity contribution < 1.29 is 33.9 Å². The highest BCUT2D eigenvalue weighted by Crippen LogP contribution is 2.31. The summed E-state index contributed by atoms with van der Waals surface area (Å²) in [5, 5.41) is 28.4. The summed E-state index contributed by atoms with van der Waals surface area (Å²) in [5.41, 5.74) is 2.86. The number of nitrogens with one attached hydrogen (secondary N) is 2. The number of ether oxygens (including phenoxy) is 1. The molecule has 42 heavy (non-hydrogen) atoms. The minimum Gasteiger partial charge on any atom is -0.488 e. The second-order valence-corrected chi connectivity index (χ2v) is 10.8. The number of aliphatic hydroxyl groups excluding tert-OH is 1. The van der Waals surface area contributed by atoms with Crippen molar-refractivity contribution in [1.82, 2.24) is 15.0 Å². The molecular formula is C30H37N5O7. The highest BCUT2D eigenvalue weighted by Gasteiger charge is 2.33. The number of aryl methyl sites for hydroxylation is 2. The number of anilines is 2. The van der Waals surface area contributed by atoms with Crippen molar-refractivity contribution in [3.05, 3.63) is 70.6 Å². The maximum absolute atomic E-state index is 13.7. The lowest BCUT2D eigenvalue weighted by Gasteiger charge is -2.38. The fraction of sp³-hybridized carbons (Fsp3) is 0.400. The van der Waals surface area contributed by atoms with E-state index in [0.29, 0.717) is 48.2 Å². The molecule has 0 fully saturated rings. The molecule has 224 valence electrons. The van der Waals surface area contributed by atoms with Gasteiger partial charge in [-0.05, 0) is 63.7 Å². The Morgan fingerprint density at radius 1 is 1.17 bits per heavy atom. The summed E-state index contributed by atoms with van der Waals surface area (Å²) < 4.78 is 11.5. The number of likely N-dealkylation sites (N-methyl/N-ethyl adjacent to an activating group) is 1. The van der Waals surface area contributed by atoms with Gasteiger partial charge < -0.3 is 35.0 Å². The largest absolute Gasteiger partial charge is 0.488 e. The third-order valence-corrected chi connectivity index (χ3v) is 7.34. The summed E-state index contributed by atoms with van der Waals surface area (Å²) in [7, 11) is 1.95. The molecule has 12 heteroatoms. The molecule has 4 rings (SSSR count). The highest BCUT2D eigenvalue weighted by atomic mass is 16.5. The number of rotatable bonds is 9. The average molecular weight is 580 g/mol. The zero-order chi connectivity index (χ0) is 30.6. The Labute approximate surface area is 244 Å². The van der Waals surface area contributed by atoms with Crippen LogP contribution in [0.4, 0.5) is 16.2 Å². The molecule has 2 aromatic carbocycles. The first kappa shape index (κ1) is 30.5. The predicted molar refractivity (Wildman–Crippen MR) is 156 cm³/mol. The summed E-state index contributed by atoms with van der Waals surface area (Å²) in [5.74, 6) is -0.505. The van der Waals surface area contributed by atoms with Crippen LogP contribution in [0.15, 0.2) is 47.0 Å². The van der Waals surface area contributed by atoms with Crippen molar-refractivity contribution in [2.75, 3.05) is 37.4 Å². The molecule has 1 aliphatic heterocycles. The van der Waals surface area contributed by atoms with E-state index in [1.807, 2.05) is 14.0 Å². The number of carbonyl (C=O) groups is 3. The lowest BCUT2D eigenvalue weighted by atomic mass is 9.99. The van der Waals surface area contributed by atoms with E-state index in [1.54, 1.807) is 68.1 Å². The van der Waals surface area contributed by atoms with Crippen molar-refractivity contribution in [3.63, 3.8) is 0 Å². The Morgan fingerprint density at radius 3 is 2.50 bits per heavy atom. The molecule has 3 atom stereocenters. The van der Waals surface area contributed by atoms with Crippen molar-refractivity contribution in [1.29, 1.82) is 0 Å². The second kappa shape index (κ2) is 13.0. The molecule has 4 N–H and O–H groups in total. The van der Waals surface area contributed by atoms with Gasteiger partial charge in [-0.2, -0.15) is 0 Å². The minimum absolute atomic E-state index is 0.0773. The van der Waals surface area contributed by atoms with Crippen LogP contribution < -0.4 is 15.4 Å². The van der Waals surface area contributed by atoms with E-state index >= 15 is 0 Å². The van der Waals surface area contributed by atoms with Gasteiger partial charge >= 0.3 is 12.0 Å². The molecule has 0 radical (unpaired) electrons. The van der Waals surface area contributed by atoms with E-state index in [0.717, 1.165) is 5.56 Å². The third kappa shape index (κ3) is 7.07. The molecule has 2 heterocycles. The van der Waals surface area contributed by atoms with Crippen molar-refractivity contribution >= 4 is 29.3 Å². The van der Waals surface area contributed by atoms with Gasteiger partial charge in [0.05, 0.1) is 23.8 Å². The van der Waals surface area contributed by atoms with E-state index in [4.69, 9.17) is 14.4 Å². The number of benzene rings is 2. The Balaban J connectivity index is 1.55. The maximum Gasteiger partial charge on any atom is 0.335 e. The first-order chi connectivity index (χ1) is 20.0. The van der Waals surface area contributed by atoms with Gasteiger partial charge in [0, 0.05) is 31.2 Å². The number of aliphatic hydroxyl groups is 1. The van der Waals surface area contributed by atoms with Gasteiger partial charge in [-0.1, -0.05) is 24.2 Å². The lowest BCUT2D eigenvalue weighted by molar-refractivity contribution is 0.0341. The molecule has 0 bridgehead atoms. The summed E-state index contributed by atoms with van der Waals surface area (Å²) >= 11 is 0. The lowest BCUT2D eigenvalue weighted by Crippen LogP contribution is -2.49. The van der Waals surface area contributed by atoms with Crippen LogP contribution in [0.2, 0.25) is 0 Å². The van der Waals surface area contributed by atoms with Gasteiger partial charge in [-0.3, -0.25) is 9.69 Å². The van der Waals surface area contributed by atoms with Crippen LogP contribution in [-0.4, -0.2) is 82.0 Å². The Morgan fingerprint density at radius 2 is 1.88 bits per heavy atom. The second-order valence-electron chi connectivity index (χ2n) is 10.8. The number of aromatic carboxylic acids is 1. The van der Waals surface area contributed by atoms with Crippen LogP contribution in [-0.2, 0) is 6.54 Å². The van der Waals surface area contributed by atoms with Crippen molar-refractivity contribution in [2.45, 2.75) is 46.4 Å². The Hall–Kier alpha value is -4.42. The maximum atomic E-state index is 13.7. The normalized spacial score (nSPS) is 17.6. The summed E-state index contributed by atoms with van der Waals surface area (Å²) in [6.07, 6.45) is -0.310. The molecule has 3 aromatic rings. The molecule has 0 aliphatic carbocycles. The van der Waals surface area contributed by atoms with Crippen molar-refractivity contribution in [3.8, 4) is 5.75 Å². The zero-order valence-electron chi connectivity index (χ0n) is 24.4. The SMILES string of the molecule is Cc1noc(C)c1NC(=O)Nc1ccc2c(c1)C(=O)N([C@@H](C)CO)C[C@@H](C)[C@@H](CN(C)Cc1ccc(C(=O)O)cc1)O2. The van der Waals surface area contributed by atoms with E-state index in [9.17, 15) is 19.5 Å². The van der Waals surface area contributed by atoms with E-state index in [1.165, 1.54) is 0 Å². The standard InChI is InChI=1S/C30H37N5O7/c1-17-13-35(18(2)16-36)28(37)24-12-23(31-30(40)32-27-19(3)33-42-20(27)4)10-11-25(24)41-26(17)15-34(5)14-21-6-8-22(9-7-21)29(38)39/h6-12,17-18,26,36H,13-16H2,1-5H3,(H,38,39)(H2,31,32,40)/t17-,18+,26-/m1/s1. The van der Waals surface area contributed by atoms with Gasteiger partial charge in [0.25, 0.3) is 5.91 Å². The topological polar surface area (TPSA) is 157 Å². The molecule has 3 amide bonds. The first-order valence-corrected chi connectivity index (χ1v) is 13.7. The number of carboxylic acid groups (broad SMARTS) is 1. The fourth-order valence-electron chi connectivity index (χ4n) is 4.89. The van der Waals surface area contributed by atoms with Crippen LogP contribution in [0, 0.1) is 19.8 Å². The highest BCUT2D eigenvalue weighted by molar-refractivity contribution is 6.03. The molecule has 0 saturated heterocycles. The number of urea groups is 1. The van der Waals surface area contributed by atoms with Gasteiger partial charge in [0.2, 0.25) is 0 Å². The number of amides is 3. The van der Waals surface area contributed by atoms with Gasteiger partial charge in [0.1, 0.15) is 23.2 Å². The zero-order valence-corrected chi connectivity index (χ0v) is 24.4. The van der Waals surface area contributed by atoms with Crippen molar-refractivity contribution in [2.24, 2.45) is 5.92 Å². The van der Waals surface area contributed by atoms with Crippen LogP contribution in [0.25, 0.3) is 0 Å². The molecule has 1 aromatic heterocycles. The number of hydrogen-bond donors (Lipinski definition) is 4. The van der Waals surface area contributed by atoms with E-state index in [2.05, 4.69) is 20.7 Å². The summed E-state index contributed by atoms with van der Waals surface area (Å²) in [6.45, 7) is 8.44. The van der Waals surface area contributed by atoms with E-state index < -0.39 is 18.0 Å². The van der Waals surface area contributed by atoms with Gasteiger partial charge in [0.15, 0.2) is 5.76 Å². The number of aromatic nitrogens is 1. The molecule has 12 nitrogen and oxygen atoms in total. The minimum atomic E-state index is -0.971. The van der Waals surface area contributed by atoms with Crippen LogP contribution in [0.3, 0.4) is 0 Å². The summed E-state index contributed by atoms with van der Waals surface area (Å²) in [6, 6.07) is 10.7. The smallest absolute Gasteiger partial charge is 0.335 e. The number of hydrogen-bond acceptors (Lipinski definition) is 8. The van der Waals surface area contributed by atoms with Gasteiger partial charge in [-0.25, -0.2) is 9.59 Å². The first-order valence-electron chi connectivity index (χ1n) is 13.7. The van der Waals surface area contributed by atoms with E-state index in [-0.39, 0.29) is 35.7 Å². The average Bonchev–Trinajstić information content (AvgIpc) is 3.27. The molecule has 1 aliphatic rings. The quantitative estimate of drug-likeness (QED) is 0.294. The third-order valence-electron chi connectivity index (χ3n) is 7.34. The number of carboxylic acids is 1. The fourth-order valence-corrected chi connectivity index (χ4v) is 4.89. The molecular weight excluding hydrogens is 542 g/mol. The molecule has 0 unspecified atom stereocenters. The number of carbonyl (C=O) groups excluding carboxylic acids is 2. The number of nitrogens with zero attached hydrogens (tertiary/aromatic N) is 3. The molecule has 0 spiro atoms. The number of fused-ring (bicyclic) bond motifs is 1. The Kier molecular flexibility index (Phi) is 9.48. The van der Waals surface area contributed by atoms with Gasteiger partial charge in [-0.15, -0.1) is 0 Å². The van der Waals surface area contributed by atoms with Crippen LogP contribution >= 0.6 is 0 Å². The molecule has 0 saturated carbocycles. The van der Waals surface area contributed by atoms with Crippen LogP contribution in [0.1, 0.15) is 51.6 Å². The monoisotopic (exact) mass is 579 g/mol. The predicted octanol–water partition coefficient (Wildman–Crippen LogP) is 3.99. The van der Waals surface area contributed by atoms with Crippen LogP contribution in [0.5, 0.6) is 5.75 Å². The Bertz CT molecular complexity index is 1420. The summed E-state index contributed by atoms with van der Waals surface area (Å²) in [4.78, 5) is 41.3.